The van der Waals surface area contributed by atoms with E-state index in [2.05, 4.69) is 10.1 Å². The first-order valence-electron chi connectivity index (χ1n) is 6.62. The molecular formula is C14H16N2O4S. The van der Waals surface area contributed by atoms with Gasteiger partial charge in [0.25, 0.3) is 0 Å². The van der Waals surface area contributed by atoms with Crippen molar-refractivity contribution in [2.75, 3.05) is 19.7 Å². The van der Waals surface area contributed by atoms with E-state index >= 15 is 0 Å². The number of nitrogens with zero attached hydrogens (tertiary/aromatic N) is 2. The average molecular weight is 308 g/mol. The van der Waals surface area contributed by atoms with Crippen LogP contribution in [-0.4, -0.2) is 46.4 Å². The second-order valence-electron chi connectivity index (χ2n) is 5.44. The van der Waals surface area contributed by atoms with Crippen molar-refractivity contribution in [2.24, 2.45) is 0 Å². The van der Waals surface area contributed by atoms with Gasteiger partial charge >= 0.3 is 5.97 Å². The smallest absolute Gasteiger partial charge is 0.329 e. The molecule has 21 heavy (non-hydrogen) atoms. The molecule has 0 aromatic carbocycles. The lowest BCUT2D eigenvalue weighted by atomic mass is 9.96. The first-order chi connectivity index (χ1) is 10.0. The fourth-order valence-electron chi connectivity index (χ4n) is 2.49. The van der Waals surface area contributed by atoms with E-state index in [1.54, 1.807) is 11.3 Å². The maximum Gasteiger partial charge on any atom is 0.329 e. The maximum absolute atomic E-state index is 10.5. The van der Waals surface area contributed by atoms with Crippen LogP contribution in [0.25, 0.3) is 10.6 Å². The molecular weight excluding hydrogens is 292 g/mol. The Morgan fingerprint density at radius 3 is 3.10 bits per heavy atom. The van der Waals surface area contributed by atoms with Gasteiger partial charge < -0.3 is 14.4 Å². The molecule has 0 aliphatic carbocycles. The number of thiophene rings is 1. The van der Waals surface area contributed by atoms with Crippen LogP contribution in [0.1, 0.15) is 12.6 Å². The zero-order valence-corrected chi connectivity index (χ0v) is 12.4. The lowest BCUT2D eigenvalue weighted by molar-refractivity contribution is -0.165. The number of carboxylic acids is 1. The molecule has 0 spiro atoms. The average Bonchev–Trinajstić information content (AvgIpc) is 3.04. The molecule has 1 N–H and O–H groups in total. The van der Waals surface area contributed by atoms with E-state index in [-0.39, 0.29) is 12.2 Å². The largest absolute Gasteiger partial charge is 0.480 e. The lowest BCUT2D eigenvalue weighted by Gasteiger charge is -2.47. The highest BCUT2D eigenvalue weighted by atomic mass is 32.1. The van der Waals surface area contributed by atoms with Crippen LogP contribution in [0.4, 0.5) is 0 Å². The minimum absolute atomic E-state index is 0.253. The van der Waals surface area contributed by atoms with E-state index in [9.17, 15) is 4.79 Å². The number of ether oxygens (including phenoxy) is 1. The molecule has 0 amide bonds. The molecule has 6 nitrogen and oxygen atoms in total. The van der Waals surface area contributed by atoms with Gasteiger partial charge in [0.1, 0.15) is 6.61 Å². The van der Waals surface area contributed by atoms with E-state index in [1.807, 2.05) is 30.5 Å². The molecule has 0 unspecified atom stereocenters. The van der Waals surface area contributed by atoms with Crippen molar-refractivity contribution in [2.45, 2.75) is 19.1 Å². The van der Waals surface area contributed by atoms with Crippen molar-refractivity contribution in [3.63, 3.8) is 0 Å². The molecule has 0 saturated carbocycles. The Kier molecular flexibility index (Phi) is 3.79. The van der Waals surface area contributed by atoms with E-state index < -0.39 is 5.97 Å². The van der Waals surface area contributed by atoms with Crippen LogP contribution < -0.4 is 0 Å². The van der Waals surface area contributed by atoms with Crippen LogP contribution >= 0.6 is 11.3 Å². The van der Waals surface area contributed by atoms with Crippen LogP contribution in [0, 0.1) is 0 Å². The van der Waals surface area contributed by atoms with Crippen molar-refractivity contribution in [3.8, 4) is 10.6 Å². The Morgan fingerprint density at radius 1 is 1.62 bits per heavy atom. The molecule has 7 heteroatoms. The predicted molar refractivity (Wildman–Crippen MR) is 77.1 cm³/mol. The van der Waals surface area contributed by atoms with Gasteiger partial charge in [-0.1, -0.05) is 11.2 Å². The normalized spacial score (nSPS) is 17.6. The van der Waals surface area contributed by atoms with Gasteiger partial charge in [-0.05, 0) is 18.4 Å². The molecule has 1 aliphatic heterocycles. The monoisotopic (exact) mass is 308 g/mol. The lowest BCUT2D eigenvalue weighted by Crippen LogP contribution is -2.61. The Bertz CT molecular complexity index is 617. The van der Waals surface area contributed by atoms with E-state index in [0.29, 0.717) is 19.6 Å². The predicted octanol–water partition coefficient (Wildman–Crippen LogP) is 2.08. The number of aliphatic carboxylic acids is 1. The molecule has 0 bridgehead atoms. The van der Waals surface area contributed by atoms with E-state index in [4.69, 9.17) is 14.4 Å². The third kappa shape index (κ3) is 3.31. The zero-order valence-electron chi connectivity index (χ0n) is 11.6. The minimum Gasteiger partial charge on any atom is -0.480 e. The van der Waals surface area contributed by atoms with Gasteiger partial charge in [-0.15, -0.1) is 11.3 Å². The SMILES string of the molecule is CC1(OCC(=O)O)CN(Cc2cc(-c3cccs3)on2)C1. The minimum atomic E-state index is -0.938. The molecule has 3 rings (SSSR count). The summed E-state index contributed by atoms with van der Waals surface area (Å²) < 4.78 is 10.7. The molecule has 1 aliphatic rings. The molecule has 2 aromatic rings. The Labute approximate surface area is 125 Å². The van der Waals surface area contributed by atoms with Gasteiger partial charge in [0.05, 0.1) is 16.2 Å². The number of hydrogen-bond donors (Lipinski definition) is 1. The van der Waals surface area contributed by atoms with Gasteiger partial charge in [0.2, 0.25) is 0 Å². The number of likely N-dealkylation sites (tertiary alicyclic amines) is 1. The summed E-state index contributed by atoms with van der Waals surface area (Å²) in [5.74, 6) is -0.155. The third-order valence-corrected chi connectivity index (χ3v) is 4.25. The molecule has 1 fully saturated rings. The summed E-state index contributed by atoms with van der Waals surface area (Å²) in [4.78, 5) is 13.7. The zero-order chi connectivity index (χ0) is 14.9. The maximum atomic E-state index is 10.5. The van der Waals surface area contributed by atoms with Crippen LogP contribution in [0.3, 0.4) is 0 Å². The van der Waals surface area contributed by atoms with Crippen LogP contribution in [0.5, 0.6) is 0 Å². The van der Waals surface area contributed by atoms with Crippen molar-refractivity contribution in [1.29, 1.82) is 0 Å². The van der Waals surface area contributed by atoms with Gasteiger partial charge in [-0.2, -0.15) is 0 Å². The van der Waals surface area contributed by atoms with Gasteiger partial charge in [0, 0.05) is 25.7 Å². The first kappa shape index (κ1) is 14.2. The quantitative estimate of drug-likeness (QED) is 0.880. The summed E-state index contributed by atoms with van der Waals surface area (Å²) in [6.45, 7) is 3.74. The van der Waals surface area contributed by atoms with Gasteiger partial charge in [-0.25, -0.2) is 4.79 Å². The van der Waals surface area contributed by atoms with Gasteiger partial charge in [-0.3, -0.25) is 4.90 Å². The molecule has 0 radical (unpaired) electrons. The topological polar surface area (TPSA) is 75.8 Å². The Balaban J connectivity index is 1.52. The standard InChI is InChI=1S/C14H16N2O4S/c1-14(19-7-13(17)18)8-16(9-14)6-10-5-11(20-15-10)12-3-2-4-21-12/h2-5H,6-9H2,1H3,(H,17,18). The third-order valence-electron chi connectivity index (χ3n) is 3.37. The van der Waals surface area contributed by atoms with Crippen molar-refractivity contribution < 1.29 is 19.2 Å². The van der Waals surface area contributed by atoms with Crippen LogP contribution in [0.2, 0.25) is 0 Å². The Hall–Kier alpha value is -1.70. The first-order valence-corrected chi connectivity index (χ1v) is 7.50. The second-order valence-corrected chi connectivity index (χ2v) is 6.38. The molecule has 3 heterocycles. The summed E-state index contributed by atoms with van der Waals surface area (Å²) in [5.41, 5.74) is 0.498. The summed E-state index contributed by atoms with van der Waals surface area (Å²) in [5, 5.41) is 14.7. The Morgan fingerprint density at radius 2 is 2.43 bits per heavy atom. The van der Waals surface area contributed by atoms with Gasteiger partial charge in [0.15, 0.2) is 5.76 Å². The summed E-state index contributed by atoms with van der Waals surface area (Å²) in [7, 11) is 0. The molecule has 112 valence electrons. The van der Waals surface area contributed by atoms with Crippen LogP contribution in [-0.2, 0) is 16.1 Å². The van der Waals surface area contributed by atoms with Crippen molar-refractivity contribution >= 4 is 17.3 Å². The second kappa shape index (κ2) is 5.59. The number of carboxylic acid groups (broad SMARTS) is 1. The summed E-state index contributed by atoms with van der Waals surface area (Å²) in [6.07, 6.45) is 0. The number of carbonyl (C=O) groups is 1. The number of hydrogen-bond acceptors (Lipinski definition) is 6. The molecule has 1 saturated heterocycles. The summed E-state index contributed by atoms with van der Waals surface area (Å²) >= 11 is 1.61. The van der Waals surface area contributed by atoms with Crippen molar-refractivity contribution in [1.82, 2.24) is 10.1 Å². The van der Waals surface area contributed by atoms with Crippen molar-refractivity contribution in [3.05, 3.63) is 29.3 Å². The van der Waals surface area contributed by atoms with E-state index in [1.165, 1.54) is 0 Å². The fourth-order valence-corrected chi connectivity index (χ4v) is 3.16. The fraction of sp³-hybridized carbons (Fsp3) is 0.429. The van der Waals surface area contributed by atoms with Crippen LogP contribution in [0.15, 0.2) is 28.1 Å². The highest BCUT2D eigenvalue weighted by molar-refractivity contribution is 7.13. The van der Waals surface area contributed by atoms with E-state index in [0.717, 1.165) is 16.3 Å². The highest BCUT2D eigenvalue weighted by Gasteiger charge is 2.40. The number of aromatic nitrogens is 1. The molecule has 2 aromatic heterocycles. The summed E-state index contributed by atoms with van der Waals surface area (Å²) in [6, 6.07) is 5.91. The number of rotatable bonds is 6. The highest BCUT2D eigenvalue weighted by Crippen LogP contribution is 2.28. The molecule has 0 atom stereocenters.